The molecule has 2 rings (SSSR count). The second kappa shape index (κ2) is 9.28. The van der Waals surface area contributed by atoms with Gasteiger partial charge in [0, 0.05) is 5.56 Å². The Hall–Kier alpha value is -3.48. The quantitative estimate of drug-likeness (QED) is 0.313. The molecular weight excluding hydrogens is 352 g/mol. The highest BCUT2D eigenvalue weighted by atomic mass is 16.4. The number of phenolic OH excluding ortho intramolecular Hbond substituents is 4. The average molecular weight is 374 g/mol. The minimum Gasteiger partial charge on any atom is -0.508 e. The van der Waals surface area contributed by atoms with Gasteiger partial charge in [0.2, 0.25) is 0 Å². The van der Waals surface area contributed by atoms with E-state index in [2.05, 4.69) is 0 Å². The lowest BCUT2D eigenvalue weighted by Gasteiger charge is -2.04. The normalized spacial score (nSPS) is 9.74. The first-order valence-corrected chi connectivity index (χ1v) is 7.97. The molecule has 0 heterocycles. The Kier molecular flexibility index (Phi) is 7.41. The van der Waals surface area contributed by atoms with Crippen LogP contribution in [0.2, 0.25) is 0 Å². The molecule has 5 N–H and O–H groups in total. The molecule has 0 aliphatic rings. The topological polar surface area (TPSA) is 135 Å². The Morgan fingerprint density at radius 1 is 0.852 bits per heavy atom. The molecule has 7 nitrogen and oxygen atoms in total. The highest BCUT2D eigenvalue weighted by Crippen LogP contribution is 2.35. The van der Waals surface area contributed by atoms with Crippen LogP contribution in [-0.4, -0.2) is 37.3 Å². The van der Waals surface area contributed by atoms with Gasteiger partial charge in [-0.2, -0.15) is 0 Å². The molecule has 7 heteroatoms. The number of carbonyl (C=O) groups is 2. The second-order valence-corrected chi connectivity index (χ2v) is 6.05. The zero-order valence-electron chi connectivity index (χ0n) is 15.2. The summed E-state index contributed by atoms with van der Waals surface area (Å²) >= 11 is 0. The van der Waals surface area contributed by atoms with Gasteiger partial charge >= 0.3 is 5.97 Å². The van der Waals surface area contributed by atoms with Crippen molar-refractivity contribution in [3.8, 4) is 23.0 Å². The van der Waals surface area contributed by atoms with Crippen molar-refractivity contribution in [2.75, 3.05) is 0 Å². The van der Waals surface area contributed by atoms with Crippen LogP contribution in [0.25, 0.3) is 0 Å². The smallest absolute Gasteiger partial charge is 0.335 e. The van der Waals surface area contributed by atoms with E-state index in [1.165, 1.54) is 12.5 Å². The van der Waals surface area contributed by atoms with E-state index >= 15 is 0 Å². The van der Waals surface area contributed by atoms with Crippen molar-refractivity contribution in [2.45, 2.75) is 27.2 Å². The molecule has 2 aromatic rings. The first-order valence-electron chi connectivity index (χ1n) is 7.97. The van der Waals surface area contributed by atoms with Gasteiger partial charge in [-0.1, -0.05) is 11.6 Å². The highest BCUT2D eigenvalue weighted by Gasteiger charge is 2.11. The van der Waals surface area contributed by atoms with Crippen LogP contribution in [0.4, 0.5) is 0 Å². The third-order valence-corrected chi connectivity index (χ3v) is 3.53. The Labute approximate surface area is 156 Å². The Bertz CT molecular complexity index is 855. The molecular formula is C20H22O7. The van der Waals surface area contributed by atoms with Gasteiger partial charge in [-0.05, 0) is 63.1 Å². The lowest BCUT2D eigenvalue weighted by molar-refractivity contribution is 0.0695. The van der Waals surface area contributed by atoms with Crippen molar-refractivity contribution in [3.63, 3.8) is 0 Å². The van der Waals surface area contributed by atoms with E-state index in [0.29, 0.717) is 12.0 Å². The maximum atomic E-state index is 11.1. The molecule has 0 aromatic heterocycles. The van der Waals surface area contributed by atoms with Crippen LogP contribution in [-0.2, 0) is 6.42 Å². The lowest BCUT2D eigenvalue weighted by atomic mass is 10.0. The molecule has 0 aliphatic carbocycles. The van der Waals surface area contributed by atoms with Crippen LogP contribution in [0.5, 0.6) is 23.0 Å². The monoisotopic (exact) mass is 374 g/mol. The predicted octanol–water partition coefficient (Wildman–Crippen LogP) is 3.61. The largest absolute Gasteiger partial charge is 0.508 e. The standard InChI is InChI=1S/C13H16O2.C7H6O5/c1-9(2)4-5-12-8-11(10(3)14)6-7-13(12)15;8-4-1-3(7(11)12)2-5(9)6(4)10/h4,6-8,15H,5H2,1-3H3;1-2,8-10H,(H,11,12). The molecule has 0 saturated heterocycles. The summed E-state index contributed by atoms with van der Waals surface area (Å²) in [4.78, 5) is 21.5. The Morgan fingerprint density at radius 3 is 1.85 bits per heavy atom. The number of allylic oxidation sites excluding steroid dienone is 2. The fourth-order valence-electron chi connectivity index (χ4n) is 2.01. The van der Waals surface area contributed by atoms with Gasteiger partial charge in [-0.3, -0.25) is 4.79 Å². The number of carboxylic acid groups (broad SMARTS) is 1. The van der Waals surface area contributed by atoms with E-state index in [-0.39, 0.29) is 17.1 Å². The molecule has 0 fully saturated rings. The molecule has 0 spiro atoms. The number of hydrogen-bond donors (Lipinski definition) is 5. The number of hydrogen-bond acceptors (Lipinski definition) is 6. The van der Waals surface area contributed by atoms with E-state index in [1.54, 1.807) is 18.2 Å². The summed E-state index contributed by atoms with van der Waals surface area (Å²) in [6.45, 7) is 5.54. The average Bonchev–Trinajstić information content (AvgIpc) is 2.58. The van der Waals surface area contributed by atoms with Crippen LogP contribution < -0.4 is 0 Å². The van der Waals surface area contributed by atoms with E-state index in [1.807, 2.05) is 19.9 Å². The minimum atomic E-state index is -1.29. The molecule has 2 aromatic carbocycles. The van der Waals surface area contributed by atoms with Crippen molar-refractivity contribution < 1.29 is 35.1 Å². The lowest BCUT2D eigenvalue weighted by Crippen LogP contribution is -1.95. The Balaban J connectivity index is 0.000000277. The number of rotatable bonds is 4. The molecule has 0 radical (unpaired) electrons. The third kappa shape index (κ3) is 6.39. The van der Waals surface area contributed by atoms with Crippen molar-refractivity contribution in [1.82, 2.24) is 0 Å². The van der Waals surface area contributed by atoms with Crippen molar-refractivity contribution in [1.29, 1.82) is 0 Å². The zero-order chi connectivity index (χ0) is 20.7. The number of carbonyl (C=O) groups excluding carboxylic acids is 1. The van der Waals surface area contributed by atoms with Crippen LogP contribution in [0.15, 0.2) is 42.0 Å². The van der Waals surface area contributed by atoms with Gasteiger partial charge in [0.1, 0.15) is 5.75 Å². The van der Waals surface area contributed by atoms with Gasteiger partial charge in [0.25, 0.3) is 0 Å². The van der Waals surface area contributed by atoms with Crippen molar-refractivity contribution >= 4 is 11.8 Å². The van der Waals surface area contributed by atoms with E-state index in [9.17, 15) is 14.7 Å². The molecule has 0 atom stereocenters. The molecule has 0 amide bonds. The maximum Gasteiger partial charge on any atom is 0.335 e. The fourth-order valence-corrected chi connectivity index (χ4v) is 2.01. The molecule has 0 unspecified atom stereocenters. The van der Waals surface area contributed by atoms with E-state index < -0.39 is 23.2 Å². The molecule has 27 heavy (non-hydrogen) atoms. The number of aromatic hydroxyl groups is 4. The van der Waals surface area contributed by atoms with Gasteiger partial charge in [-0.25, -0.2) is 4.79 Å². The number of ketones is 1. The van der Waals surface area contributed by atoms with Gasteiger partial charge in [-0.15, -0.1) is 0 Å². The van der Waals surface area contributed by atoms with Gasteiger partial charge in [0.15, 0.2) is 23.0 Å². The summed E-state index contributed by atoms with van der Waals surface area (Å²) < 4.78 is 0. The minimum absolute atomic E-state index is 0.0217. The molecule has 144 valence electrons. The van der Waals surface area contributed by atoms with Crippen LogP contribution in [0, 0.1) is 0 Å². The first-order chi connectivity index (χ1) is 12.5. The highest BCUT2D eigenvalue weighted by molar-refractivity contribution is 5.94. The van der Waals surface area contributed by atoms with Gasteiger partial charge in [0.05, 0.1) is 5.56 Å². The van der Waals surface area contributed by atoms with Crippen LogP contribution >= 0.6 is 0 Å². The first kappa shape index (κ1) is 21.6. The summed E-state index contributed by atoms with van der Waals surface area (Å²) in [5.74, 6) is -3.06. The summed E-state index contributed by atoms with van der Waals surface area (Å²) in [7, 11) is 0. The second-order valence-electron chi connectivity index (χ2n) is 6.05. The third-order valence-electron chi connectivity index (χ3n) is 3.53. The van der Waals surface area contributed by atoms with Crippen LogP contribution in [0.3, 0.4) is 0 Å². The summed E-state index contributed by atoms with van der Waals surface area (Å²) in [5.41, 5.74) is 2.35. The summed E-state index contributed by atoms with van der Waals surface area (Å²) in [6.07, 6.45) is 2.69. The zero-order valence-corrected chi connectivity index (χ0v) is 15.2. The van der Waals surface area contributed by atoms with Crippen molar-refractivity contribution in [3.05, 3.63) is 58.7 Å². The maximum absolute atomic E-state index is 11.1. The number of benzene rings is 2. The number of phenols is 4. The van der Waals surface area contributed by atoms with Crippen molar-refractivity contribution in [2.24, 2.45) is 0 Å². The van der Waals surface area contributed by atoms with Gasteiger partial charge < -0.3 is 25.5 Å². The SMILES string of the molecule is CC(=O)c1ccc(O)c(CC=C(C)C)c1.O=C(O)c1cc(O)c(O)c(O)c1. The van der Waals surface area contributed by atoms with E-state index in [4.69, 9.17) is 20.4 Å². The van der Waals surface area contributed by atoms with E-state index in [0.717, 1.165) is 17.7 Å². The molecule has 0 aliphatic heterocycles. The van der Waals surface area contributed by atoms with Crippen LogP contribution in [0.1, 0.15) is 47.1 Å². The summed E-state index contributed by atoms with van der Waals surface area (Å²) in [5, 5.41) is 44.5. The molecule has 0 saturated carbocycles. The predicted molar refractivity (Wildman–Crippen MR) is 99.6 cm³/mol. The number of aromatic carboxylic acids is 1. The number of carboxylic acids is 1. The summed E-state index contributed by atoms with van der Waals surface area (Å²) in [6, 6.07) is 6.65. The molecule has 0 bridgehead atoms. The number of Topliss-reactive ketones (excluding diaryl/α,β-unsaturated/α-hetero) is 1. The fraction of sp³-hybridized carbons (Fsp3) is 0.200. The Morgan fingerprint density at radius 2 is 1.41 bits per heavy atom.